The van der Waals surface area contributed by atoms with Crippen LogP contribution in [0.25, 0.3) is 0 Å². The van der Waals surface area contributed by atoms with Gasteiger partial charge in [0.1, 0.15) is 12.6 Å². The average molecular weight is 352 g/mol. The van der Waals surface area contributed by atoms with Gasteiger partial charge in [0, 0.05) is 10.4 Å². The van der Waals surface area contributed by atoms with Gasteiger partial charge in [-0.05, 0) is 30.2 Å². The van der Waals surface area contributed by atoms with E-state index in [0.29, 0.717) is 9.90 Å². The summed E-state index contributed by atoms with van der Waals surface area (Å²) in [6.07, 6.45) is 0. The highest BCUT2D eigenvalue weighted by Gasteiger charge is 2.26. The molecule has 0 saturated carbocycles. The van der Waals surface area contributed by atoms with Gasteiger partial charge in [-0.3, -0.25) is 4.79 Å². The molecule has 0 aliphatic carbocycles. The first-order valence-corrected chi connectivity index (χ1v) is 8.43. The standard InChI is InChI=1S/C17H18ClNO3S/c1-11(2)15(19-16(20)12-6-4-3-5-7-12)17(21)22-10-13-8-9-14(18)23-13/h3-9,11,15H,10H2,1-2H3,(H,19,20)/t15-/m0/s1. The molecule has 4 nitrogen and oxygen atoms in total. The molecule has 0 unspecified atom stereocenters. The minimum absolute atomic E-state index is 0.0814. The minimum Gasteiger partial charge on any atom is -0.458 e. The lowest BCUT2D eigenvalue weighted by Gasteiger charge is -2.20. The number of amides is 1. The van der Waals surface area contributed by atoms with Gasteiger partial charge in [-0.1, -0.05) is 43.6 Å². The van der Waals surface area contributed by atoms with Crippen LogP contribution in [0.5, 0.6) is 0 Å². The van der Waals surface area contributed by atoms with Crippen molar-refractivity contribution in [3.05, 3.63) is 57.2 Å². The fourth-order valence-corrected chi connectivity index (χ4v) is 2.97. The van der Waals surface area contributed by atoms with Gasteiger partial charge in [-0.25, -0.2) is 4.79 Å². The molecular formula is C17H18ClNO3S. The zero-order valence-electron chi connectivity index (χ0n) is 12.9. The number of esters is 1. The fraction of sp³-hybridized carbons (Fsp3) is 0.294. The minimum atomic E-state index is -0.696. The molecule has 23 heavy (non-hydrogen) atoms. The number of hydrogen-bond acceptors (Lipinski definition) is 4. The van der Waals surface area contributed by atoms with E-state index in [-0.39, 0.29) is 18.4 Å². The van der Waals surface area contributed by atoms with Crippen molar-refractivity contribution >= 4 is 34.8 Å². The third kappa shape index (κ3) is 5.08. The molecule has 0 aliphatic heterocycles. The van der Waals surface area contributed by atoms with Crippen LogP contribution in [-0.4, -0.2) is 17.9 Å². The maximum Gasteiger partial charge on any atom is 0.329 e. The Morgan fingerprint density at radius 3 is 2.43 bits per heavy atom. The van der Waals surface area contributed by atoms with Gasteiger partial charge in [0.2, 0.25) is 0 Å². The van der Waals surface area contributed by atoms with Gasteiger partial charge in [0.25, 0.3) is 5.91 Å². The van der Waals surface area contributed by atoms with Crippen LogP contribution in [0, 0.1) is 5.92 Å². The van der Waals surface area contributed by atoms with Gasteiger partial charge in [-0.15, -0.1) is 11.3 Å². The van der Waals surface area contributed by atoms with Crippen LogP contribution in [0.4, 0.5) is 0 Å². The first kappa shape index (κ1) is 17.5. The van der Waals surface area contributed by atoms with E-state index in [9.17, 15) is 9.59 Å². The molecule has 1 N–H and O–H groups in total. The molecule has 1 aromatic carbocycles. The molecule has 0 bridgehead atoms. The Labute approximate surface area is 144 Å². The predicted octanol–water partition coefficient (Wildman–Crippen LogP) is 3.90. The molecule has 122 valence electrons. The molecule has 0 aliphatic rings. The second-order valence-electron chi connectivity index (χ2n) is 5.37. The van der Waals surface area contributed by atoms with Crippen LogP contribution < -0.4 is 5.32 Å². The Balaban J connectivity index is 1.97. The van der Waals surface area contributed by atoms with Crippen molar-refractivity contribution < 1.29 is 14.3 Å². The van der Waals surface area contributed by atoms with Crippen LogP contribution in [0.2, 0.25) is 4.34 Å². The van der Waals surface area contributed by atoms with E-state index in [0.717, 1.165) is 4.88 Å². The summed E-state index contributed by atoms with van der Waals surface area (Å²) in [6, 6.07) is 11.7. The molecule has 0 saturated heterocycles. The zero-order valence-corrected chi connectivity index (χ0v) is 14.5. The van der Waals surface area contributed by atoms with Crippen molar-refractivity contribution in [2.24, 2.45) is 5.92 Å². The SMILES string of the molecule is CC(C)[C@H](NC(=O)c1ccccc1)C(=O)OCc1ccc(Cl)s1. The lowest BCUT2D eigenvalue weighted by molar-refractivity contribution is -0.148. The van der Waals surface area contributed by atoms with Crippen molar-refractivity contribution in [1.29, 1.82) is 0 Å². The maximum absolute atomic E-state index is 12.3. The summed E-state index contributed by atoms with van der Waals surface area (Å²) in [6.45, 7) is 3.87. The Bertz CT molecular complexity index is 669. The third-order valence-corrected chi connectivity index (χ3v) is 4.43. The van der Waals surface area contributed by atoms with Crippen molar-refractivity contribution in [2.45, 2.75) is 26.5 Å². The summed E-state index contributed by atoms with van der Waals surface area (Å²) in [5, 5.41) is 2.74. The second-order valence-corrected chi connectivity index (χ2v) is 7.17. The number of thiophene rings is 1. The second kappa shape index (κ2) is 8.13. The number of carbonyl (C=O) groups is 2. The molecule has 0 radical (unpaired) electrons. The molecule has 2 aromatic rings. The molecule has 6 heteroatoms. The summed E-state index contributed by atoms with van der Waals surface area (Å²) in [5.41, 5.74) is 0.510. The van der Waals surface area contributed by atoms with Crippen LogP contribution in [0.15, 0.2) is 42.5 Å². The Morgan fingerprint density at radius 1 is 1.17 bits per heavy atom. The Morgan fingerprint density at radius 2 is 1.87 bits per heavy atom. The monoisotopic (exact) mass is 351 g/mol. The van der Waals surface area contributed by atoms with E-state index in [1.807, 2.05) is 26.0 Å². The quantitative estimate of drug-likeness (QED) is 0.803. The summed E-state index contributed by atoms with van der Waals surface area (Å²) in [5.74, 6) is -0.823. The summed E-state index contributed by atoms with van der Waals surface area (Å²) >= 11 is 7.21. The van der Waals surface area contributed by atoms with E-state index < -0.39 is 12.0 Å². The van der Waals surface area contributed by atoms with Crippen molar-refractivity contribution in [3.63, 3.8) is 0 Å². The van der Waals surface area contributed by atoms with E-state index in [1.165, 1.54) is 11.3 Å². The fourth-order valence-electron chi connectivity index (χ4n) is 1.97. The van der Waals surface area contributed by atoms with Crippen LogP contribution in [-0.2, 0) is 16.1 Å². The summed E-state index contributed by atoms with van der Waals surface area (Å²) < 4.78 is 5.95. The van der Waals surface area contributed by atoms with Gasteiger partial charge in [0.15, 0.2) is 0 Å². The number of rotatable bonds is 6. The van der Waals surface area contributed by atoms with Gasteiger partial charge in [0.05, 0.1) is 4.34 Å². The van der Waals surface area contributed by atoms with Crippen LogP contribution in [0.3, 0.4) is 0 Å². The first-order chi connectivity index (χ1) is 11.0. The normalized spacial score (nSPS) is 12.0. The highest BCUT2D eigenvalue weighted by Crippen LogP contribution is 2.22. The van der Waals surface area contributed by atoms with Crippen LogP contribution in [0.1, 0.15) is 29.1 Å². The highest BCUT2D eigenvalue weighted by molar-refractivity contribution is 7.16. The Kier molecular flexibility index (Phi) is 6.19. The van der Waals surface area contributed by atoms with E-state index in [1.54, 1.807) is 30.3 Å². The molecule has 1 amide bonds. The predicted molar refractivity (Wildman–Crippen MR) is 91.7 cm³/mol. The molecule has 1 aromatic heterocycles. The van der Waals surface area contributed by atoms with Gasteiger partial charge in [-0.2, -0.15) is 0 Å². The van der Waals surface area contributed by atoms with Crippen molar-refractivity contribution in [3.8, 4) is 0 Å². The number of hydrogen-bond donors (Lipinski definition) is 1. The highest BCUT2D eigenvalue weighted by atomic mass is 35.5. The number of benzene rings is 1. The summed E-state index contributed by atoms with van der Waals surface area (Å²) in [7, 11) is 0. The lowest BCUT2D eigenvalue weighted by atomic mass is 10.0. The smallest absolute Gasteiger partial charge is 0.329 e. The van der Waals surface area contributed by atoms with Crippen molar-refractivity contribution in [1.82, 2.24) is 5.32 Å². The molecular weight excluding hydrogens is 334 g/mol. The molecule has 1 heterocycles. The van der Waals surface area contributed by atoms with Crippen molar-refractivity contribution in [2.75, 3.05) is 0 Å². The number of halogens is 1. The largest absolute Gasteiger partial charge is 0.458 e. The molecule has 2 rings (SSSR count). The molecule has 0 fully saturated rings. The zero-order chi connectivity index (χ0) is 16.8. The third-order valence-electron chi connectivity index (χ3n) is 3.23. The number of ether oxygens (including phenoxy) is 1. The first-order valence-electron chi connectivity index (χ1n) is 7.24. The van der Waals surface area contributed by atoms with E-state index in [4.69, 9.17) is 16.3 Å². The molecule has 0 spiro atoms. The number of carbonyl (C=O) groups excluding carboxylic acids is 2. The lowest BCUT2D eigenvalue weighted by Crippen LogP contribution is -2.45. The van der Waals surface area contributed by atoms with Gasteiger partial charge >= 0.3 is 5.97 Å². The topological polar surface area (TPSA) is 55.4 Å². The maximum atomic E-state index is 12.3. The van der Waals surface area contributed by atoms with Crippen LogP contribution >= 0.6 is 22.9 Å². The summed E-state index contributed by atoms with van der Waals surface area (Å²) in [4.78, 5) is 25.3. The van der Waals surface area contributed by atoms with E-state index in [2.05, 4.69) is 5.32 Å². The number of nitrogens with one attached hydrogen (secondary N) is 1. The van der Waals surface area contributed by atoms with Gasteiger partial charge < -0.3 is 10.1 Å². The molecule has 1 atom stereocenters. The average Bonchev–Trinajstić information content (AvgIpc) is 2.96. The Hall–Kier alpha value is -1.85. The van der Waals surface area contributed by atoms with E-state index >= 15 is 0 Å².